The number of allylic oxidation sites excluding steroid dienone is 4. The van der Waals surface area contributed by atoms with Crippen molar-refractivity contribution in [2.24, 2.45) is 0 Å². The third-order valence-corrected chi connectivity index (χ3v) is 12.3. The van der Waals surface area contributed by atoms with Crippen LogP contribution in [-0.2, 0) is 27.9 Å². The second-order valence-electron chi connectivity index (χ2n) is 17.0. The van der Waals surface area contributed by atoms with Gasteiger partial charge in [0.25, 0.3) is 0 Å². The van der Waals surface area contributed by atoms with Crippen molar-refractivity contribution in [3.8, 4) is 0 Å². The minimum absolute atomic E-state index is 0.0740. The van der Waals surface area contributed by atoms with Crippen molar-refractivity contribution in [1.29, 1.82) is 0 Å². The fourth-order valence-corrected chi connectivity index (χ4v) is 8.42. The van der Waals surface area contributed by atoms with E-state index >= 15 is 0 Å². The van der Waals surface area contributed by atoms with Gasteiger partial charge in [0.15, 0.2) is 0 Å². The molecular weight excluding hydrogens is 787 g/mol. The number of unbranched alkanes of at least 4 members (excludes halogenated alkanes) is 25. The third-order valence-electron chi connectivity index (χ3n) is 11.3. The maximum absolute atomic E-state index is 12.8. The molecule has 0 aromatic rings. The summed E-state index contributed by atoms with van der Waals surface area (Å²) in [6.45, 7) is 4.23. The smallest absolute Gasteiger partial charge is 0.457 e. The number of phosphoric acid groups is 1. The van der Waals surface area contributed by atoms with Crippen molar-refractivity contribution < 1.29 is 58.3 Å². The molecule has 1 aliphatic rings. The van der Waals surface area contributed by atoms with Crippen molar-refractivity contribution in [3.63, 3.8) is 0 Å². The van der Waals surface area contributed by atoms with Gasteiger partial charge in [0.2, 0.25) is 0 Å². The monoisotopic (exact) mass is 877 g/mol. The van der Waals surface area contributed by atoms with Crippen LogP contribution in [-0.4, -0.2) is 98.9 Å². The molecule has 0 bridgehead atoms. The molecular formula is C47H89O12P. The van der Waals surface area contributed by atoms with Crippen LogP contribution in [0.2, 0.25) is 0 Å². The summed E-state index contributed by atoms with van der Waals surface area (Å²) in [7, 11) is -5.01. The summed E-state index contributed by atoms with van der Waals surface area (Å²) in [6.07, 6.45) is 31.3. The molecule has 0 heterocycles. The summed E-state index contributed by atoms with van der Waals surface area (Å²) < 4.78 is 34.1. The van der Waals surface area contributed by atoms with Gasteiger partial charge < -0.3 is 39.9 Å². The van der Waals surface area contributed by atoms with Crippen LogP contribution in [0.15, 0.2) is 24.3 Å². The van der Waals surface area contributed by atoms with Gasteiger partial charge in [-0.3, -0.25) is 13.8 Å². The van der Waals surface area contributed by atoms with Crippen molar-refractivity contribution >= 4 is 13.8 Å². The Morgan fingerprint density at radius 3 is 1.40 bits per heavy atom. The Labute approximate surface area is 364 Å². The van der Waals surface area contributed by atoms with Crippen LogP contribution in [0.1, 0.15) is 206 Å². The molecule has 6 atom stereocenters. The van der Waals surface area contributed by atoms with E-state index in [1.807, 2.05) is 0 Å². The molecule has 6 unspecified atom stereocenters. The molecule has 13 heteroatoms. The molecule has 0 aliphatic heterocycles. The van der Waals surface area contributed by atoms with E-state index < -0.39 is 63.1 Å². The van der Waals surface area contributed by atoms with Crippen LogP contribution in [0.5, 0.6) is 0 Å². The molecule has 6 N–H and O–H groups in total. The Hall–Kier alpha value is -1.18. The number of ether oxygens (including phenoxy) is 2. The molecule has 60 heavy (non-hydrogen) atoms. The molecule has 0 spiro atoms. The number of carbonyl (C=O) groups excluding carboxylic acids is 1. The summed E-state index contributed by atoms with van der Waals surface area (Å²) in [5.41, 5.74) is 0. The highest BCUT2D eigenvalue weighted by molar-refractivity contribution is 7.47. The van der Waals surface area contributed by atoms with Crippen molar-refractivity contribution in [2.75, 3.05) is 19.8 Å². The Morgan fingerprint density at radius 1 is 0.533 bits per heavy atom. The normalized spacial score (nSPS) is 22.5. The zero-order valence-corrected chi connectivity index (χ0v) is 38.7. The Morgan fingerprint density at radius 2 is 0.933 bits per heavy atom. The topological polar surface area (TPSA) is 192 Å². The zero-order valence-electron chi connectivity index (χ0n) is 37.8. The molecule has 0 amide bonds. The van der Waals surface area contributed by atoms with Crippen molar-refractivity contribution in [2.45, 2.75) is 249 Å². The van der Waals surface area contributed by atoms with Crippen LogP contribution < -0.4 is 0 Å². The lowest BCUT2D eigenvalue weighted by atomic mass is 9.85. The van der Waals surface area contributed by atoms with E-state index in [0.717, 1.165) is 44.9 Å². The second-order valence-corrected chi connectivity index (χ2v) is 18.4. The number of phosphoric ester groups is 1. The number of esters is 1. The molecule has 0 saturated heterocycles. The standard InChI is InChI=1S/C47H89O12P/c1-3-5-7-9-11-13-14-15-16-17-18-19-20-21-22-23-24-25-26-27-29-31-33-35-37-56-38-40(58-41(48)36-34-32-30-28-12-10-8-6-4-2)39-57-60(54,55)59-47-45(52)43(50)42(49)44(51)46(47)53/h14-15,17-18,40,42-47,49-53H,3-13,16,19-39H2,1-2H3,(H,54,55)/b15-14-,18-17-. The van der Waals surface area contributed by atoms with E-state index in [4.69, 9.17) is 18.5 Å². The maximum Gasteiger partial charge on any atom is 0.472 e. The molecule has 1 saturated carbocycles. The van der Waals surface area contributed by atoms with Gasteiger partial charge in [-0.05, 0) is 44.9 Å². The zero-order chi connectivity index (χ0) is 44.1. The van der Waals surface area contributed by atoms with Gasteiger partial charge in [-0.1, -0.05) is 179 Å². The Kier molecular flexibility index (Phi) is 36.3. The van der Waals surface area contributed by atoms with Crippen molar-refractivity contribution in [1.82, 2.24) is 0 Å². The molecule has 354 valence electrons. The number of hydrogen-bond acceptors (Lipinski definition) is 11. The predicted molar refractivity (Wildman–Crippen MR) is 240 cm³/mol. The van der Waals surface area contributed by atoms with Gasteiger partial charge in [0, 0.05) is 13.0 Å². The van der Waals surface area contributed by atoms with E-state index in [9.17, 15) is 39.8 Å². The van der Waals surface area contributed by atoms with Gasteiger partial charge in [0.1, 0.15) is 42.7 Å². The van der Waals surface area contributed by atoms with Crippen LogP contribution in [0.25, 0.3) is 0 Å². The number of carbonyl (C=O) groups is 1. The quantitative estimate of drug-likeness (QED) is 0.0148. The van der Waals surface area contributed by atoms with Gasteiger partial charge in [-0.15, -0.1) is 0 Å². The summed E-state index contributed by atoms with van der Waals surface area (Å²) >= 11 is 0. The van der Waals surface area contributed by atoms with Crippen LogP contribution >= 0.6 is 7.82 Å². The van der Waals surface area contributed by atoms with Gasteiger partial charge in [-0.25, -0.2) is 4.57 Å². The van der Waals surface area contributed by atoms with Gasteiger partial charge in [-0.2, -0.15) is 0 Å². The van der Waals surface area contributed by atoms with E-state index in [1.54, 1.807) is 0 Å². The predicted octanol–water partition coefficient (Wildman–Crippen LogP) is 10.1. The fourth-order valence-electron chi connectivity index (χ4n) is 7.45. The fraction of sp³-hybridized carbons (Fsp3) is 0.894. The second kappa shape index (κ2) is 38.3. The molecule has 12 nitrogen and oxygen atoms in total. The summed E-state index contributed by atoms with van der Waals surface area (Å²) in [5.74, 6) is -0.479. The lowest BCUT2D eigenvalue weighted by Gasteiger charge is -2.41. The average molecular weight is 877 g/mol. The highest BCUT2D eigenvalue weighted by Crippen LogP contribution is 2.47. The van der Waals surface area contributed by atoms with Gasteiger partial charge in [0.05, 0.1) is 13.2 Å². The molecule has 1 fully saturated rings. The first-order valence-corrected chi connectivity index (χ1v) is 25.7. The Balaban J connectivity index is 2.26. The average Bonchev–Trinajstić information content (AvgIpc) is 3.23. The molecule has 0 aromatic heterocycles. The van der Waals surface area contributed by atoms with Crippen LogP contribution in [0.3, 0.4) is 0 Å². The number of aliphatic hydroxyl groups is 5. The van der Waals surface area contributed by atoms with E-state index in [1.165, 1.54) is 135 Å². The molecule has 0 radical (unpaired) electrons. The molecule has 0 aromatic carbocycles. The van der Waals surface area contributed by atoms with E-state index in [2.05, 4.69) is 38.2 Å². The molecule has 1 rings (SSSR count). The maximum atomic E-state index is 12.8. The van der Waals surface area contributed by atoms with E-state index in [0.29, 0.717) is 13.0 Å². The summed E-state index contributed by atoms with van der Waals surface area (Å²) in [5, 5.41) is 50.1. The van der Waals surface area contributed by atoms with E-state index in [-0.39, 0.29) is 13.0 Å². The minimum Gasteiger partial charge on any atom is -0.457 e. The Bertz CT molecular complexity index is 1090. The summed E-state index contributed by atoms with van der Waals surface area (Å²) in [6, 6.07) is 0. The van der Waals surface area contributed by atoms with Crippen LogP contribution in [0, 0.1) is 0 Å². The number of hydrogen-bond donors (Lipinski definition) is 6. The number of aliphatic hydroxyl groups excluding tert-OH is 5. The first kappa shape index (κ1) is 56.8. The molecule has 1 aliphatic carbocycles. The lowest BCUT2D eigenvalue weighted by molar-refractivity contribution is -0.220. The lowest BCUT2D eigenvalue weighted by Crippen LogP contribution is -2.64. The summed E-state index contributed by atoms with van der Waals surface area (Å²) in [4.78, 5) is 23.1. The minimum atomic E-state index is -5.01. The largest absolute Gasteiger partial charge is 0.472 e. The van der Waals surface area contributed by atoms with Crippen molar-refractivity contribution in [3.05, 3.63) is 24.3 Å². The SMILES string of the molecule is CCCCCCC/C=C\C/C=C\CCCCCCCCCCCCCCOCC(COP(=O)(O)OC1C(O)C(O)C(O)C(O)C1O)OC(=O)CCCCCCCCCCC. The highest BCUT2D eigenvalue weighted by atomic mass is 31.2. The third kappa shape index (κ3) is 30.0. The first-order chi connectivity index (χ1) is 29.0. The van der Waals surface area contributed by atoms with Gasteiger partial charge >= 0.3 is 13.8 Å². The van der Waals surface area contributed by atoms with Crippen LogP contribution in [0.4, 0.5) is 0 Å². The number of rotatable bonds is 41. The highest BCUT2D eigenvalue weighted by Gasteiger charge is 2.51. The first-order valence-electron chi connectivity index (χ1n) is 24.2.